The minimum Gasteiger partial charge on any atom is -0.494 e. The Hall–Kier alpha value is -2.53. The zero-order chi connectivity index (χ0) is 18.2. The van der Waals surface area contributed by atoms with Crippen molar-refractivity contribution < 1.29 is 19.1 Å². The fourth-order valence-corrected chi connectivity index (χ4v) is 2.35. The number of anilines is 1. The first-order valence-corrected chi connectivity index (χ1v) is 8.39. The van der Waals surface area contributed by atoms with Crippen LogP contribution < -0.4 is 14.8 Å². The molecule has 0 heterocycles. The van der Waals surface area contributed by atoms with Gasteiger partial charge in [0.1, 0.15) is 11.5 Å². The molecule has 2 aromatic carbocycles. The van der Waals surface area contributed by atoms with Crippen LogP contribution in [0.4, 0.5) is 5.69 Å². The number of carbonyl (C=O) groups is 2. The second kappa shape index (κ2) is 9.08. The normalized spacial score (nSPS) is 10.2. The SMILES string of the molecule is CCOc1ccc(NC(=O)COc2ccc(Cl)cc2C(=O)CC)cc1. The van der Waals surface area contributed by atoms with E-state index in [4.69, 9.17) is 21.1 Å². The van der Waals surface area contributed by atoms with Crippen LogP contribution in [0.5, 0.6) is 11.5 Å². The molecule has 0 radical (unpaired) electrons. The Labute approximate surface area is 151 Å². The van der Waals surface area contributed by atoms with Crippen molar-refractivity contribution in [2.24, 2.45) is 0 Å². The average molecular weight is 362 g/mol. The number of halogens is 1. The highest BCUT2D eigenvalue weighted by atomic mass is 35.5. The fraction of sp³-hybridized carbons (Fsp3) is 0.263. The molecule has 0 saturated heterocycles. The van der Waals surface area contributed by atoms with E-state index in [2.05, 4.69) is 5.32 Å². The molecule has 0 fully saturated rings. The highest BCUT2D eigenvalue weighted by molar-refractivity contribution is 6.31. The van der Waals surface area contributed by atoms with Gasteiger partial charge in [-0.25, -0.2) is 0 Å². The standard InChI is InChI=1S/C19H20ClNO4/c1-3-17(22)16-11-13(20)5-10-18(16)25-12-19(23)21-14-6-8-15(9-7-14)24-4-2/h5-11H,3-4,12H2,1-2H3,(H,21,23). The Morgan fingerprint density at radius 1 is 1.04 bits per heavy atom. The maximum absolute atomic E-state index is 12.0. The van der Waals surface area contributed by atoms with E-state index in [0.29, 0.717) is 35.1 Å². The van der Waals surface area contributed by atoms with Gasteiger partial charge in [-0.05, 0) is 49.4 Å². The number of benzene rings is 2. The number of rotatable bonds is 8. The molecule has 6 heteroatoms. The van der Waals surface area contributed by atoms with Crippen molar-refractivity contribution >= 4 is 29.0 Å². The van der Waals surface area contributed by atoms with Crippen molar-refractivity contribution in [2.75, 3.05) is 18.5 Å². The molecule has 0 aliphatic rings. The molecule has 2 aromatic rings. The van der Waals surface area contributed by atoms with Crippen molar-refractivity contribution in [3.05, 3.63) is 53.1 Å². The average Bonchev–Trinajstić information content (AvgIpc) is 2.62. The third-order valence-corrected chi connectivity index (χ3v) is 3.61. The molecule has 25 heavy (non-hydrogen) atoms. The first kappa shape index (κ1) is 18.8. The van der Waals surface area contributed by atoms with Gasteiger partial charge in [-0.1, -0.05) is 18.5 Å². The largest absolute Gasteiger partial charge is 0.494 e. The van der Waals surface area contributed by atoms with Crippen LogP contribution in [0.15, 0.2) is 42.5 Å². The molecule has 0 unspecified atom stereocenters. The molecule has 5 nitrogen and oxygen atoms in total. The summed E-state index contributed by atoms with van der Waals surface area (Å²) in [5.41, 5.74) is 1.02. The number of ether oxygens (including phenoxy) is 2. The smallest absolute Gasteiger partial charge is 0.262 e. The zero-order valence-corrected chi connectivity index (χ0v) is 14.9. The number of carbonyl (C=O) groups excluding carboxylic acids is 2. The van der Waals surface area contributed by atoms with Gasteiger partial charge in [0.25, 0.3) is 5.91 Å². The Balaban J connectivity index is 1.97. The maximum Gasteiger partial charge on any atom is 0.262 e. The van der Waals surface area contributed by atoms with Crippen molar-refractivity contribution in [3.63, 3.8) is 0 Å². The van der Waals surface area contributed by atoms with Crippen molar-refractivity contribution in [2.45, 2.75) is 20.3 Å². The van der Waals surface area contributed by atoms with Gasteiger partial charge >= 0.3 is 0 Å². The summed E-state index contributed by atoms with van der Waals surface area (Å²) in [5, 5.41) is 3.17. The van der Waals surface area contributed by atoms with Gasteiger partial charge in [0.2, 0.25) is 0 Å². The number of nitrogens with one attached hydrogen (secondary N) is 1. The van der Waals surface area contributed by atoms with Gasteiger partial charge in [0.15, 0.2) is 12.4 Å². The lowest BCUT2D eigenvalue weighted by molar-refractivity contribution is -0.118. The third-order valence-electron chi connectivity index (χ3n) is 3.37. The van der Waals surface area contributed by atoms with E-state index >= 15 is 0 Å². The predicted octanol–water partition coefficient (Wildman–Crippen LogP) is 4.35. The van der Waals surface area contributed by atoms with Crippen LogP contribution in [-0.4, -0.2) is 24.9 Å². The van der Waals surface area contributed by atoms with Crippen LogP contribution >= 0.6 is 11.6 Å². The minimum absolute atomic E-state index is 0.0931. The van der Waals surface area contributed by atoms with E-state index in [1.807, 2.05) is 6.92 Å². The second-order valence-electron chi connectivity index (χ2n) is 5.21. The van der Waals surface area contributed by atoms with Crippen LogP contribution in [-0.2, 0) is 4.79 Å². The summed E-state index contributed by atoms with van der Waals surface area (Å²) in [7, 11) is 0. The predicted molar refractivity (Wildman–Crippen MR) is 97.8 cm³/mol. The molecular formula is C19H20ClNO4. The number of hydrogen-bond acceptors (Lipinski definition) is 4. The Morgan fingerprint density at radius 3 is 2.40 bits per heavy atom. The minimum atomic E-state index is -0.325. The molecule has 0 spiro atoms. The lowest BCUT2D eigenvalue weighted by Crippen LogP contribution is -2.20. The number of ketones is 1. The van der Waals surface area contributed by atoms with E-state index in [9.17, 15) is 9.59 Å². The number of Topliss-reactive ketones (excluding diaryl/α,β-unsaturated/α-hetero) is 1. The monoisotopic (exact) mass is 361 g/mol. The van der Waals surface area contributed by atoms with Gasteiger partial charge < -0.3 is 14.8 Å². The molecule has 0 atom stereocenters. The summed E-state index contributed by atoms with van der Waals surface area (Å²) in [5.74, 6) is 0.664. The van der Waals surface area contributed by atoms with Crippen LogP contribution in [0, 0.1) is 0 Å². The van der Waals surface area contributed by atoms with Crippen LogP contribution in [0.25, 0.3) is 0 Å². The zero-order valence-electron chi connectivity index (χ0n) is 14.2. The van der Waals surface area contributed by atoms with Crippen molar-refractivity contribution in [3.8, 4) is 11.5 Å². The van der Waals surface area contributed by atoms with Crippen molar-refractivity contribution in [1.29, 1.82) is 0 Å². The molecule has 0 aliphatic heterocycles. The highest BCUT2D eigenvalue weighted by Gasteiger charge is 2.13. The summed E-state index contributed by atoms with van der Waals surface area (Å²) in [6.45, 7) is 4.03. The summed E-state index contributed by atoms with van der Waals surface area (Å²) in [6, 6.07) is 11.8. The Morgan fingerprint density at radius 2 is 1.76 bits per heavy atom. The van der Waals surface area contributed by atoms with E-state index in [0.717, 1.165) is 5.75 Å². The lowest BCUT2D eigenvalue weighted by atomic mass is 10.1. The molecule has 132 valence electrons. The fourth-order valence-electron chi connectivity index (χ4n) is 2.18. The van der Waals surface area contributed by atoms with Gasteiger partial charge in [-0.15, -0.1) is 0 Å². The summed E-state index contributed by atoms with van der Waals surface area (Å²) >= 11 is 5.93. The van der Waals surface area contributed by atoms with Crippen LogP contribution in [0.2, 0.25) is 5.02 Å². The molecule has 2 rings (SSSR count). The molecule has 1 amide bonds. The number of amides is 1. The molecule has 0 aromatic heterocycles. The molecule has 0 saturated carbocycles. The first-order chi connectivity index (χ1) is 12.0. The van der Waals surface area contributed by atoms with Crippen LogP contribution in [0.1, 0.15) is 30.6 Å². The molecular weight excluding hydrogens is 342 g/mol. The summed E-state index contributed by atoms with van der Waals surface area (Å²) < 4.78 is 10.8. The summed E-state index contributed by atoms with van der Waals surface area (Å²) in [4.78, 5) is 24.0. The van der Waals surface area contributed by atoms with Crippen LogP contribution in [0.3, 0.4) is 0 Å². The van der Waals surface area contributed by atoms with Gasteiger partial charge in [0, 0.05) is 17.1 Å². The topological polar surface area (TPSA) is 64.6 Å². The highest BCUT2D eigenvalue weighted by Crippen LogP contribution is 2.24. The number of hydrogen-bond donors (Lipinski definition) is 1. The van der Waals surface area contributed by atoms with E-state index in [1.54, 1.807) is 49.4 Å². The van der Waals surface area contributed by atoms with Crippen molar-refractivity contribution in [1.82, 2.24) is 0 Å². The summed E-state index contributed by atoms with van der Waals surface area (Å²) in [6.07, 6.45) is 0.328. The van der Waals surface area contributed by atoms with E-state index in [-0.39, 0.29) is 18.3 Å². The Kier molecular flexibility index (Phi) is 6.83. The second-order valence-corrected chi connectivity index (χ2v) is 5.65. The van der Waals surface area contributed by atoms with E-state index < -0.39 is 0 Å². The third kappa shape index (κ3) is 5.50. The Bertz CT molecular complexity index is 744. The molecule has 1 N–H and O–H groups in total. The van der Waals surface area contributed by atoms with E-state index in [1.165, 1.54) is 0 Å². The van der Waals surface area contributed by atoms with Gasteiger partial charge in [0.05, 0.1) is 12.2 Å². The van der Waals surface area contributed by atoms with Gasteiger partial charge in [-0.3, -0.25) is 9.59 Å². The molecule has 0 aliphatic carbocycles. The van der Waals surface area contributed by atoms with Gasteiger partial charge in [-0.2, -0.15) is 0 Å². The maximum atomic E-state index is 12.0. The quantitative estimate of drug-likeness (QED) is 0.710. The first-order valence-electron chi connectivity index (χ1n) is 8.01. The lowest BCUT2D eigenvalue weighted by Gasteiger charge is -2.11. The molecule has 0 bridgehead atoms.